The quantitative estimate of drug-likeness (QED) is 0.941. The van der Waals surface area contributed by atoms with E-state index < -0.39 is 0 Å². The van der Waals surface area contributed by atoms with Crippen molar-refractivity contribution in [3.8, 4) is 6.07 Å². The topological polar surface area (TPSA) is 69.3 Å². The Morgan fingerprint density at radius 1 is 1.23 bits per heavy atom. The molecule has 3 rings (SSSR count). The Labute approximate surface area is 129 Å². The smallest absolute Gasteiger partial charge is 0.291 e. The van der Waals surface area contributed by atoms with E-state index in [1.54, 1.807) is 30.3 Å². The third kappa shape index (κ3) is 3.18. The Balaban J connectivity index is 1.67. The summed E-state index contributed by atoms with van der Waals surface area (Å²) in [6.07, 6.45) is 2.44. The predicted molar refractivity (Wildman–Crippen MR) is 82.3 cm³/mol. The number of nitrogens with zero attached hydrogens (tertiary/aromatic N) is 2. The highest BCUT2D eigenvalue weighted by Crippen LogP contribution is 2.18. The van der Waals surface area contributed by atoms with Gasteiger partial charge in [-0.1, -0.05) is 12.1 Å². The highest BCUT2D eigenvalue weighted by atomic mass is 16.4. The van der Waals surface area contributed by atoms with E-state index in [-0.39, 0.29) is 11.7 Å². The summed E-state index contributed by atoms with van der Waals surface area (Å²) in [7, 11) is 0. The van der Waals surface area contributed by atoms with Crippen molar-refractivity contribution in [2.75, 3.05) is 18.4 Å². The van der Waals surface area contributed by atoms with E-state index in [4.69, 9.17) is 9.68 Å². The van der Waals surface area contributed by atoms with Crippen LogP contribution in [-0.2, 0) is 6.54 Å². The zero-order valence-electron chi connectivity index (χ0n) is 12.2. The van der Waals surface area contributed by atoms with Gasteiger partial charge in [0, 0.05) is 0 Å². The summed E-state index contributed by atoms with van der Waals surface area (Å²) in [5.74, 6) is 0.720. The summed E-state index contributed by atoms with van der Waals surface area (Å²) in [5.41, 5.74) is 0.923. The average Bonchev–Trinajstić information content (AvgIpc) is 3.20. The largest absolute Gasteiger partial charge is 0.455 e. The van der Waals surface area contributed by atoms with Crippen molar-refractivity contribution in [3.05, 3.63) is 53.5 Å². The SMILES string of the molecule is N#Cc1ccccc1NC(=O)c1ccc(CN2CCCC2)o1. The Bertz CT molecular complexity index is 709. The van der Waals surface area contributed by atoms with Gasteiger partial charge in [-0.15, -0.1) is 0 Å². The van der Waals surface area contributed by atoms with Crippen LogP contribution in [0.4, 0.5) is 5.69 Å². The minimum atomic E-state index is -0.338. The second-order valence-corrected chi connectivity index (χ2v) is 5.36. The second kappa shape index (κ2) is 6.46. The van der Waals surface area contributed by atoms with Gasteiger partial charge in [-0.05, 0) is 50.2 Å². The van der Waals surface area contributed by atoms with Gasteiger partial charge in [-0.25, -0.2) is 0 Å². The van der Waals surface area contributed by atoms with E-state index in [9.17, 15) is 4.79 Å². The Morgan fingerprint density at radius 2 is 2.00 bits per heavy atom. The summed E-state index contributed by atoms with van der Waals surface area (Å²) in [5, 5.41) is 11.8. The molecule has 5 nitrogen and oxygen atoms in total. The van der Waals surface area contributed by atoms with Crippen LogP contribution in [0, 0.1) is 11.3 Å². The number of carbonyl (C=O) groups is 1. The standard InChI is InChI=1S/C17H17N3O2/c18-11-13-5-1-2-6-15(13)19-17(21)16-8-7-14(22-16)12-20-9-3-4-10-20/h1-2,5-8H,3-4,9-10,12H2,(H,19,21). The number of likely N-dealkylation sites (tertiary alicyclic amines) is 1. The first-order valence-corrected chi connectivity index (χ1v) is 7.38. The van der Waals surface area contributed by atoms with E-state index in [0.717, 1.165) is 25.4 Å². The number of benzene rings is 1. The van der Waals surface area contributed by atoms with Crippen molar-refractivity contribution < 1.29 is 9.21 Å². The van der Waals surface area contributed by atoms with E-state index in [1.165, 1.54) is 12.8 Å². The zero-order chi connectivity index (χ0) is 15.4. The zero-order valence-corrected chi connectivity index (χ0v) is 12.2. The molecule has 1 N–H and O–H groups in total. The molecule has 1 aromatic carbocycles. The van der Waals surface area contributed by atoms with Crippen molar-refractivity contribution in [1.29, 1.82) is 5.26 Å². The first kappa shape index (κ1) is 14.4. The molecule has 1 aromatic heterocycles. The Kier molecular flexibility index (Phi) is 4.22. The number of rotatable bonds is 4. The molecule has 1 fully saturated rings. The highest BCUT2D eigenvalue weighted by Gasteiger charge is 2.16. The lowest BCUT2D eigenvalue weighted by molar-refractivity contribution is 0.0993. The minimum absolute atomic E-state index is 0.266. The monoisotopic (exact) mass is 295 g/mol. The van der Waals surface area contributed by atoms with Gasteiger partial charge in [-0.2, -0.15) is 5.26 Å². The van der Waals surface area contributed by atoms with E-state index >= 15 is 0 Å². The summed E-state index contributed by atoms with van der Waals surface area (Å²) in [6, 6.07) is 12.5. The van der Waals surface area contributed by atoms with Gasteiger partial charge < -0.3 is 9.73 Å². The molecule has 0 saturated carbocycles. The van der Waals surface area contributed by atoms with Gasteiger partial charge in [-0.3, -0.25) is 9.69 Å². The van der Waals surface area contributed by atoms with Crippen molar-refractivity contribution in [2.45, 2.75) is 19.4 Å². The molecule has 1 aliphatic heterocycles. The van der Waals surface area contributed by atoms with Crippen molar-refractivity contribution in [2.24, 2.45) is 0 Å². The lowest BCUT2D eigenvalue weighted by Gasteiger charge is -2.11. The third-order valence-corrected chi connectivity index (χ3v) is 3.76. The molecule has 1 aliphatic rings. The van der Waals surface area contributed by atoms with Crippen LogP contribution in [0.3, 0.4) is 0 Å². The number of hydrogen-bond acceptors (Lipinski definition) is 4. The van der Waals surface area contributed by atoms with Gasteiger partial charge in [0.2, 0.25) is 0 Å². The first-order valence-electron chi connectivity index (χ1n) is 7.38. The number of hydrogen-bond donors (Lipinski definition) is 1. The molecular formula is C17H17N3O2. The molecule has 112 valence electrons. The third-order valence-electron chi connectivity index (χ3n) is 3.76. The number of nitrogens with one attached hydrogen (secondary N) is 1. The fourth-order valence-electron chi connectivity index (χ4n) is 2.62. The van der Waals surface area contributed by atoms with Crippen molar-refractivity contribution in [1.82, 2.24) is 4.90 Å². The number of carbonyl (C=O) groups excluding carboxylic acids is 1. The first-order chi connectivity index (χ1) is 10.8. The van der Waals surface area contributed by atoms with Crippen LogP contribution in [0.5, 0.6) is 0 Å². The summed E-state index contributed by atoms with van der Waals surface area (Å²) in [4.78, 5) is 14.5. The number of para-hydroxylation sites is 1. The van der Waals surface area contributed by atoms with Gasteiger partial charge in [0.15, 0.2) is 5.76 Å². The van der Waals surface area contributed by atoms with Crippen molar-refractivity contribution >= 4 is 11.6 Å². The molecule has 5 heteroatoms. The van der Waals surface area contributed by atoms with Gasteiger partial charge in [0.25, 0.3) is 5.91 Å². The van der Waals surface area contributed by atoms with Crippen LogP contribution in [-0.4, -0.2) is 23.9 Å². The van der Waals surface area contributed by atoms with Crippen LogP contribution >= 0.6 is 0 Å². The number of amides is 1. The average molecular weight is 295 g/mol. The maximum absolute atomic E-state index is 12.2. The summed E-state index contributed by atoms with van der Waals surface area (Å²) < 4.78 is 5.62. The van der Waals surface area contributed by atoms with Crippen LogP contribution < -0.4 is 5.32 Å². The van der Waals surface area contributed by atoms with Gasteiger partial charge >= 0.3 is 0 Å². The highest BCUT2D eigenvalue weighted by molar-refractivity contribution is 6.02. The van der Waals surface area contributed by atoms with E-state index in [0.29, 0.717) is 11.3 Å². The molecule has 1 saturated heterocycles. The fraction of sp³-hybridized carbons (Fsp3) is 0.294. The van der Waals surface area contributed by atoms with Crippen LogP contribution in [0.2, 0.25) is 0 Å². The summed E-state index contributed by atoms with van der Waals surface area (Å²) in [6.45, 7) is 2.90. The Morgan fingerprint density at radius 3 is 2.77 bits per heavy atom. The van der Waals surface area contributed by atoms with Crippen molar-refractivity contribution in [3.63, 3.8) is 0 Å². The van der Waals surface area contributed by atoms with Gasteiger partial charge in [0.05, 0.1) is 17.8 Å². The summed E-state index contributed by atoms with van der Waals surface area (Å²) >= 11 is 0. The molecule has 0 bridgehead atoms. The number of anilines is 1. The van der Waals surface area contributed by atoms with E-state index in [1.807, 2.05) is 6.07 Å². The van der Waals surface area contributed by atoms with E-state index in [2.05, 4.69) is 16.3 Å². The van der Waals surface area contributed by atoms with Crippen LogP contribution in [0.25, 0.3) is 0 Å². The molecular weight excluding hydrogens is 278 g/mol. The lowest BCUT2D eigenvalue weighted by atomic mass is 10.2. The number of nitriles is 1. The molecule has 2 heterocycles. The van der Waals surface area contributed by atoms with Gasteiger partial charge in [0.1, 0.15) is 11.8 Å². The fourth-order valence-corrected chi connectivity index (χ4v) is 2.62. The lowest BCUT2D eigenvalue weighted by Crippen LogP contribution is -2.18. The minimum Gasteiger partial charge on any atom is -0.455 e. The molecule has 0 spiro atoms. The molecule has 22 heavy (non-hydrogen) atoms. The molecule has 0 unspecified atom stereocenters. The molecule has 2 aromatic rings. The molecule has 0 atom stereocenters. The maximum Gasteiger partial charge on any atom is 0.291 e. The normalized spacial score (nSPS) is 14.7. The molecule has 0 aliphatic carbocycles. The predicted octanol–water partition coefficient (Wildman–Crippen LogP) is 3.00. The number of furan rings is 1. The van der Waals surface area contributed by atoms with Crippen LogP contribution in [0.15, 0.2) is 40.8 Å². The molecule has 1 amide bonds. The van der Waals surface area contributed by atoms with Crippen LogP contribution in [0.1, 0.15) is 34.7 Å². The maximum atomic E-state index is 12.2. The second-order valence-electron chi connectivity index (χ2n) is 5.36. The molecule has 0 radical (unpaired) electrons. The Hall–Kier alpha value is -2.58.